The standard InChI is InChI=1S/C30H29N5O5S/c31-29(32)21-11-9-19(10-12-21)17-34-30(38)25-7-1-5-22-16-23(13-14-24(22)25)35(18-27(36)37)41(39,40)26-8-2-4-20-6-3-15-33-28(20)26/h1-2,4-5,7-14,16,33H,3,6,15,17-18H2,(H3,31,32)(H,34,38)(H,36,37). The number of para-hydroxylation sites is 1. The number of hydrogen-bond acceptors (Lipinski definition) is 6. The van der Waals surface area contributed by atoms with Crippen molar-refractivity contribution in [3.8, 4) is 0 Å². The number of carboxylic acids is 1. The monoisotopic (exact) mass is 571 g/mol. The van der Waals surface area contributed by atoms with E-state index in [0.717, 1.165) is 28.3 Å². The fourth-order valence-electron chi connectivity index (χ4n) is 4.95. The Balaban J connectivity index is 1.45. The van der Waals surface area contributed by atoms with Crippen molar-refractivity contribution in [2.75, 3.05) is 22.7 Å². The summed E-state index contributed by atoms with van der Waals surface area (Å²) in [7, 11) is -4.24. The summed E-state index contributed by atoms with van der Waals surface area (Å²) in [6.07, 6.45) is 1.61. The number of carbonyl (C=O) groups is 2. The highest BCUT2D eigenvalue weighted by Gasteiger charge is 2.31. The molecular formula is C30H29N5O5S. The molecule has 4 aromatic rings. The van der Waals surface area contributed by atoms with Crippen LogP contribution in [0.15, 0.2) is 83.8 Å². The molecule has 0 bridgehead atoms. The summed E-state index contributed by atoms with van der Waals surface area (Å²) < 4.78 is 28.6. The van der Waals surface area contributed by atoms with Crippen LogP contribution in [0.3, 0.4) is 0 Å². The number of amidine groups is 1. The Bertz CT molecular complexity index is 1770. The first-order chi connectivity index (χ1) is 19.6. The second-order valence-corrected chi connectivity index (χ2v) is 11.6. The number of sulfonamides is 1. The van der Waals surface area contributed by atoms with E-state index in [1.54, 1.807) is 60.7 Å². The van der Waals surface area contributed by atoms with Crippen LogP contribution in [-0.2, 0) is 27.8 Å². The van der Waals surface area contributed by atoms with E-state index in [4.69, 9.17) is 11.1 Å². The maximum Gasteiger partial charge on any atom is 0.324 e. The van der Waals surface area contributed by atoms with Gasteiger partial charge in [-0.3, -0.25) is 19.3 Å². The molecule has 1 amide bonds. The van der Waals surface area contributed by atoms with Crippen molar-refractivity contribution in [1.82, 2.24) is 5.32 Å². The summed E-state index contributed by atoms with van der Waals surface area (Å²) in [6.45, 7) is 0.120. The summed E-state index contributed by atoms with van der Waals surface area (Å²) in [5.41, 5.74) is 8.86. The summed E-state index contributed by atoms with van der Waals surface area (Å²) in [5, 5.41) is 24.3. The predicted octanol–water partition coefficient (Wildman–Crippen LogP) is 3.69. The van der Waals surface area contributed by atoms with E-state index in [0.29, 0.717) is 34.1 Å². The third kappa shape index (κ3) is 5.71. The fraction of sp³-hybridized carbons (Fsp3) is 0.167. The summed E-state index contributed by atoms with van der Waals surface area (Å²) in [6, 6.07) is 21.8. The first kappa shape index (κ1) is 27.7. The number of hydrogen-bond donors (Lipinski definition) is 5. The average molecular weight is 572 g/mol. The highest BCUT2D eigenvalue weighted by Crippen LogP contribution is 2.34. The lowest BCUT2D eigenvalue weighted by Crippen LogP contribution is -2.36. The van der Waals surface area contributed by atoms with Gasteiger partial charge in [0.05, 0.1) is 11.4 Å². The number of nitrogens with one attached hydrogen (secondary N) is 3. The molecule has 0 spiro atoms. The largest absolute Gasteiger partial charge is 0.480 e. The molecule has 210 valence electrons. The van der Waals surface area contributed by atoms with Crippen LogP contribution in [0.4, 0.5) is 11.4 Å². The molecule has 1 heterocycles. The van der Waals surface area contributed by atoms with Crippen LogP contribution in [-0.4, -0.2) is 44.3 Å². The van der Waals surface area contributed by atoms with Crippen molar-refractivity contribution >= 4 is 49.9 Å². The van der Waals surface area contributed by atoms with Gasteiger partial charge < -0.3 is 21.5 Å². The van der Waals surface area contributed by atoms with Gasteiger partial charge in [-0.1, -0.05) is 54.6 Å². The lowest BCUT2D eigenvalue weighted by atomic mass is 10.0. The molecule has 11 heteroatoms. The van der Waals surface area contributed by atoms with Crippen LogP contribution in [0.2, 0.25) is 0 Å². The number of aryl methyl sites for hydroxylation is 1. The number of nitrogen functional groups attached to an aromatic ring is 1. The molecule has 0 atom stereocenters. The third-order valence-electron chi connectivity index (χ3n) is 7.00. The van der Waals surface area contributed by atoms with Gasteiger partial charge in [0.15, 0.2) is 0 Å². The number of aliphatic carboxylic acids is 1. The highest BCUT2D eigenvalue weighted by atomic mass is 32.2. The third-order valence-corrected chi connectivity index (χ3v) is 8.81. The minimum atomic E-state index is -4.24. The Kier molecular flexibility index (Phi) is 7.62. The molecule has 0 radical (unpaired) electrons. The second kappa shape index (κ2) is 11.3. The molecule has 0 aromatic heterocycles. The fourth-order valence-corrected chi connectivity index (χ4v) is 6.57. The quantitative estimate of drug-likeness (QED) is 0.151. The molecule has 41 heavy (non-hydrogen) atoms. The highest BCUT2D eigenvalue weighted by molar-refractivity contribution is 7.93. The molecule has 10 nitrogen and oxygen atoms in total. The van der Waals surface area contributed by atoms with Gasteiger partial charge in [0.2, 0.25) is 0 Å². The first-order valence-electron chi connectivity index (χ1n) is 13.0. The van der Waals surface area contributed by atoms with E-state index in [2.05, 4.69) is 10.6 Å². The van der Waals surface area contributed by atoms with Crippen LogP contribution in [0.25, 0.3) is 10.8 Å². The lowest BCUT2D eigenvalue weighted by molar-refractivity contribution is -0.135. The number of nitrogens with zero attached hydrogens (tertiary/aromatic N) is 1. The minimum Gasteiger partial charge on any atom is -0.480 e. The number of carboxylic acid groups (broad SMARTS) is 1. The summed E-state index contributed by atoms with van der Waals surface area (Å²) >= 11 is 0. The van der Waals surface area contributed by atoms with Gasteiger partial charge >= 0.3 is 5.97 Å². The Labute approximate surface area is 237 Å². The zero-order valence-corrected chi connectivity index (χ0v) is 22.9. The zero-order valence-electron chi connectivity index (χ0n) is 22.1. The summed E-state index contributed by atoms with van der Waals surface area (Å²) in [4.78, 5) is 24.9. The van der Waals surface area contributed by atoms with Crippen molar-refractivity contribution < 1.29 is 23.1 Å². The van der Waals surface area contributed by atoms with Crippen molar-refractivity contribution in [1.29, 1.82) is 5.41 Å². The van der Waals surface area contributed by atoms with Gasteiger partial charge in [0.1, 0.15) is 17.3 Å². The van der Waals surface area contributed by atoms with Gasteiger partial charge in [-0.15, -0.1) is 0 Å². The van der Waals surface area contributed by atoms with Crippen molar-refractivity contribution in [3.05, 3.63) is 101 Å². The van der Waals surface area contributed by atoms with E-state index in [9.17, 15) is 23.1 Å². The molecule has 0 unspecified atom stereocenters. The number of anilines is 2. The number of carbonyl (C=O) groups excluding carboxylic acids is 1. The Morgan fingerprint density at radius 1 is 1.02 bits per heavy atom. The average Bonchev–Trinajstić information content (AvgIpc) is 2.97. The number of rotatable bonds is 9. The predicted molar refractivity (Wildman–Crippen MR) is 158 cm³/mol. The van der Waals surface area contributed by atoms with E-state index in [-0.39, 0.29) is 28.9 Å². The Morgan fingerprint density at radius 2 is 1.78 bits per heavy atom. The normalized spacial score (nSPS) is 12.7. The van der Waals surface area contributed by atoms with Crippen LogP contribution in [0.5, 0.6) is 0 Å². The molecule has 5 rings (SSSR count). The topological polar surface area (TPSA) is 166 Å². The van der Waals surface area contributed by atoms with E-state index in [1.165, 1.54) is 12.1 Å². The number of fused-ring (bicyclic) bond motifs is 2. The number of nitrogens with two attached hydrogens (primary N) is 1. The van der Waals surface area contributed by atoms with E-state index >= 15 is 0 Å². The smallest absolute Gasteiger partial charge is 0.324 e. The van der Waals surface area contributed by atoms with Crippen molar-refractivity contribution in [2.45, 2.75) is 24.3 Å². The second-order valence-electron chi connectivity index (χ2n) is 9.73. The molecule has 0 fully saturated rings. The van der Waals surface area contributed by atoms with Crippen LogP contribution < -0.4 is 20.7 Å². The maximum absolute atomic E-state index is 13.9. The maximum atomic E-state index is 13.9. The van der Waals surface area contributed by atoms with Crippen LogP contribution in [0.1, 0.15) is 33.5 Å². The number of amides is 1. The van der Waals surface area contributed by atoms with Crippen molar-refractivity contribution in [2.24, 2.45) is 5.73 Å². The van der Waals surface area contributed by atoms with E-state index in [1.807, 2.05) is 6.07 Å². The summed E-state index contributed by atoms with van der Waals surface area (Å²) in [5.74, 6) is -1.66. The molecule has 0 saturated carbocycles. The molecule has 0 aliphatic carbocycles. The molecule has 6 N–H and O–H groups in total. The lowest BCUT2D eigenvalue weighted by Gasteiger charge is -2.27. The number of benzene rings is 4. The molecule has 0 saturated heterocycles. The zero-order chi connectivity index (χ0) is 29.1. The molecular weight excluding hydrogens is 542 g/mol. The molecule has 1 aliphatic heterocycles. The minimum absolute atomic E-state index is 0.0283. The molecule has 1 aliphatic rings. The van der Waals surface area contributed by atoms with Crippen LogP contribution in [0, 0.1) is 5.41 Å². The van der Waals surface area contributed by atoms with Gasteiger partial charge in [0, 0.05) is 24.2 Å². The molecule has 4 aromatic carbocycles. The van der Waals surface area contributed by atoms with Gasteiger partial charge in [-0.2, -0.15) is 0 Å². The van der Waals surface area contributed by atoms with Crippen molar-refractivity contribution in [3.63, 3.8) is 0 Å². The van der Waals surface area contributed by atoms with Gasteiger partial charge in [0.25, 0.3) is 15.9 Å². The Morgan fingerprint density at radius 3 is 2.51 bits per heavy atom. The van der Waals surface area contributed by atoms with Gasteiger partial charge in [-0.05, 0) is 59.0 Å². The first-order valence-corrected chi connectivity index (χ1v) is 14.4. The van der Waals surface area contributed by atoms with Crippen LogP contribution >= 0.6 is 0 Å². The van der Waals surface area contributed by atoms with Gasteiger partial charge in [-0.25, -0.2) is 8.42 Å². The SMILES string of the molecule is N=C(N)c1ccc(CNC(=O)c2cccc3cc(N(CC(=O)O)S(=O)(=O)c4cccc5c4NCCC5)ccc23)cc1. The van der Waals surface area contributed by atoms with E-state index < -0.39 is 22.5 Å². The Hall–Kier alpha value is -4.90.